The Morgan fingerprint density at radius 2 is 1.28 bits per heavy atom. The Hall–Kier alpha value is -6.22. The molecule has 0 aliphatic carbocycles. The van der Waals surface area contributed by atoms with Crippen molar-refractivity contribution in [2.24, 2.45) is 5.41 Å². The van der Waals surface area contributed by atoms with Crippen molar-refractivity contribution >= 4 is 57.7 Å². The van der Waals surface area contributed by atoms with E-state index in [1.165, 1.54) is 4.90 Å². The molecule has 0 spiro atoms. The van der Waals surface area contributed by atoms with E-state index in [1.807, 2.05) is 106 Å². The molecule has 6 N–H and O–H groups in total. The molecular formula is C60H76ClN5O8S. The van der Waals surface area contributed by atoms with Gasteiger partial charge in [-0.3, -0.25) is 19.2 Å². The van der Waals surface area contributed by atoms with Gasteiger partial charge in [0.1, 0.15) is 35.9 Å². The molecule has 0 radical (unpaired) electrons. The van der Waals surface area contributed by atoms with E-state index in [-0.39, 0.29) is 54.6 Å². The van der Waals surface area contributed by atoms with Crippen LogP contribution in [-0.4, -0.2) is 92.6 Å². The number of nitrogens with zero attached hydrogens (tertiary/aromatic N) is 2. The number of carbonyl (C=O) groups excluding carboxylic acids is 4. The fraction of sp³-hybridized carbons (Fsp3) is 0.450. The van der Waals surface area contributed by atoms with Crippen molar-refractivity contribution in [1.29, 1.82) is 0 Å². The Bertz CT molecular complexity index is 2630. The highest BCUT2D eigenvalue weighted by Crippen LogP contribution is 2.37. The highest BCUT2D eigenvalue weighted by molar-refractivity contribution is 7.13. The van der Waals surface area contributed by atoms with Crippen LogP contribution in [0.4, 0.5) is 0 Å². The minimum absolute atomic E-state index is 0.0184. The van der Waals surface area contributed by atoms with E-state index < -0.39 is 23.6 Å². The molecule has 402 valence electrons. The average Bonchev–Trinajstić information content (AvgIpc) is 4.02. The number of aromatic nitrogens is 1. The first-order valence-corrected chi connectivity index (χ1v) is 28.0. The molecule has 15 heteroatoms. The van der Waals surface area contributed by atoms with Crippen LogP contribution in [0.1, 0.15) is 139 Å². The number of thiazole rings is 1. The number of phenols is 2. The first-order chi connectivity index (χ1) is 36.1. The number of phenolic OH excluding ortho intramolecular Hbond substituents is 2. The maximum Gasteiger partial charge on any atom is 0.246 e. The third-order valence-corrected chi connectivity index (χ3v) is 14.8. The van der Waals surface area contributed by atoms with Gasteiger partial charge in [-0.05, 0) is 107 Å². The van der Waals surface area contributed by atoms with E-state index >= 15 is 0 Å². The quantitative estimate of drug-likeness (QED) is 0.0161. The molecule has 75 heavy (non-hydrogen) atoms. The summed E-state index contributed by atoms with van der Waals surface area (Å²) in [6.07, 6.45) is 10.7. The molecule has 4 amide bonds. The molecule has 1 aliphatic rings. The molecule has 4 aromatic carbocycles. The van der Waals surface area contributed by atoms with Crippen LogP contribution in [0.25, 0.3) is 21.6 Å². The lowest BCUT2D eigenvalue weighted by Crippen LogP contribution is -2.57. The van der Waals surface area contributed by atoms with Crippen LogP contribution in [0.2, 0.25) is 0 Å². The van der Waals surface area contributed by atoms with Gasteiger partial charge in [-0.15, -0.1) is 22.9 Å². The molecule has 1 aromatic heterocycles. The van der Waals surface area contributed by atoms with E-state index in [0.29, 0.717) is 44.0 Å². The maximum atomic E-state index is 14.0. The number of hydrogen-bond donors (Lipinski definition) is 6. The number of aliphatic hydroxyl groups excluding tert-OH is 1. The Morgan fingerprint density at radius 1 is 0.733 bits per heavy atom. The monoisotopic (exact) mass is 1060 g/mol. The summed E-state index contributed by atoms with van der Waals surface area (Å²) in [7, 11) is 0. The van der Waals surface area contributed by atoms with Crippen LogP contribution in [-0.2, 0) is 25.7 Å². The third-order valence-electron chi connectivity index (χ3n) is 13.6. The number of alkyl halides is 1. The molecule has 3 atom stereocenters. The van der Waals surface area contributed by atoms with Gasteiger partial charge in [-0.2, -0.15) is 0 Å². The number of β-amino-alcohol motifs (C(OH)–C–C–N with tert-alkyl or cyclic N) is 1. The molecule has 6 rings (SSSR count). The smallest absolute Gasteiger partial charge is 0.246 e. The summed E-state index contributed by atoms with van der Waals surface area (Å²) in [4.78, 5) is 60.0. The maximum absolute atomic E-state index is 14.0. The number of aryl methyl sites for hydroxylation is 1. The summed E-state index contributed by atoms with van der Waals surface area (Å²) in [6, 6.07) is 28.2. The first-order valence-electron chi connectivity index (χ1n) is 26.5. The van der Waals surface area contributed by atoms with E-state index in [9.17, 15) is 34.5 Å². The second-order valence-corrected chi connectivity index (χ2v) is 21.8. The zero-order chi connectivity index (χ0) is 53.7. The van der Waals surface area contributed by atoms with Gasteiger partial charge in [0, 0.05) is 38.2 Å². The zero-order valence-electron chi connectivity index (χ0n) is 44.0. The number of aromatic hydroxyl groups is 2. The second-order valence-electron chi connectivity index (χ2n) is 20.6. The number of ether oxygens (including phenoxy) is 1. The molecular weight excluding hydrogens is 986 g/mol. The molecule has 1 saturated heterocycles. The number of carbonyl (C=O) groups is 4. The number of amides is 4. The van der Waals surface area contributed by atoms with Crippen molar-refractivity contribution in [3.8, 4) is 27.7 Å². The van der Waals surface area contributed by atoms with Crippen LogP contribution in [0.15, 0.2) is 103 Å². The van der Waals surface area contributed by atoms with Gasteiger partial charge < -0.3 is 40.9 Å². The molecule has 5 aromatic rings. The van der Waals surface area contributed by atoms with E-state index in [1.54, 1.807) is 35.6 Å². The molecule has 0 saturated carbocycles. The van der Waals surface area contributed by atoms with Crippen molar-refractivity contribution < 1.29 is 39.2 Å². The Balaban J connectivity index is 0.808. The zero-order valence-corrected chi connectivity index (χ0v) is 45.6. The van der Waals surface area contributed by atoms with Crippen molar-refractivity contribution in [2.75, 3.05) is 25.6 Å². The lowest BCUT2D eigenvalue weighted by molar-refractivity contribution is -0.144. The first kappa shape index (κ1) is 58.0. The number of likely N-dealkylation sites (tertiary alicyclic amines) is 1. The van der Waals surface area contributed by atoms with Gasteiger partial charge in [-0.25, -0.2) is 4.98 Å². The number of unbranched alkanes of at least 4 members (excludes halogenated alkanes) is 9. The standard InChI is InChI=1S/C60H76ClN5O8S/c1-41-56(75-40-64-41)46-19-17-42(18-20-46)38-63-58(72)52-37-49(69)39-66(52)59(73)57(60(2,3)4)65-54(71)16-14-12-10-8-6-5-7-9-11-13-15-53(70)62-35-36-74-50-31-25-45(26-32-50)55(44-23-29-48(68)30-24-44)51(33-34-61)43-21-27-47(67)28-22-43/h17-32,40,49,52,57,67-69H,5-16,33-39H2,1-4H3,(H,62,70)(H,63,72)(H,65,71)/t49-,52+,57-/m1/s1. The van der Waals surface area contributed by atoms with Crippen molar-refractivity contribution in [2.45, 2.75) is 142 Å². The SMILES string of the molecule is Cc1ncsc1-c1ccc(CNC(=O)[C@@H]2C[C@@H](O)CN2C(=O)[C@@H](NC(=O)CCCCCCCCCCCCC(=O)NCCOc2ccc(C(=C(CCCl)c3ccc(O)cc3)c3ccc(O)cc3)cc2)C(C)(C)C)cc1. The fourth-order valence-electron chi connectivity index (χ4n) is 9.48. The molecule has 2 heterocycles. The van der Waals surface area contributed by atoms with Crippen molar-refractivity contribution in [3.63, 3.8) is 0 Å². The normalized spacial score (nSPS) is 15.3. The van der Waals surface area contributed by atoms with Crippen molar-refractivity contribution in [1.82, 2.24) is 25.8 Å². The van der Waals surface area contributed by atoms with E-state index in [4.69, 9.17) is 16.3 Å². The van der Waals surface area contributed by atoms with Gasteiger partial charge in [0.25, 0.3) is 0 Å². The lowest BCUT2D eigenvalue weighted by Gasteiger charge is -2.35. The van der Waals surface area contributed by atoms with Gasteiger partial charge in [-0.1, -0.05) is 133 Å². The Labute approximate surface area is 452 Å². The summed E-state index contributed by atoms with van der Waals surface area (Å²) < 4.78 is 5.96. The second kappa shape index (κ2) is 29.2. The number of allylic oxidation sites excluding steroid dienone is 1. The predicted molar refractivity (Wildman–Crippen MR) is 299 cm³/mol. The van der Waals surface area contributed by atoms with Crippen LogP contribution in [0.3, 0.4) is 0 Å². The van der Waals surface area contributed by atoms with Crippen LogP contribution in [0.5, 0.6) is 17.2 Å². The predicted octanol–water partition coefficient (Wildman–Crippen LogP) is 11.1. The van der Waals surface area contributed by atoms with Crippen molar-refractivity contribution in [3.05, 3.63) is 131 Å². The topological polar surface area (TPSA) is 190 Å². The highest BCUT2D eigenvalue weighted by atomic mass is 35.5. The van der Waals surface area contributed by atoms with E-state index in [0.717, 1.165) is 114 Å². The largest absolute Gasteiger partial charge is 0.508 e. The number of hydrogen-bond acceptors (Lipinski definition) is 10. The molecule has 0 unspecified atom stereocenters. The Kier molecular flexibility index (Phi) is 22.6. The molecule has 1 aliphatic heterocycles. The van der Waals surface area contributed by atoms with Crippen LogP contribution < -0.4 is 20.7 Å². The number of rotatable bonds is 28. The average molecular weight is 1060 g/mol. The minimum Gasteiger partial charge on any atom is -0.508 e. The number of aliphatic hydroxyl groups is 1. The van der Waals surface area contributed by atoms with Gasteiger partial charge in [0.05, 0.1) is 28.7 Å². The van der Waals surface area contributed by atoms with Crippen LogP contribution in [0, 0.1) is 12.3 Å². The van der Waals surface area contributed by atoms with Gasteiger partial charge >= 0.3 is 0 Å². The van der Waals surface area contributed by atoms with E-state index in [2.05, 4.69) is 20.9 Å². The number of nitrogens with one attached hydrogen (secondary N) is 3. The summed E-state index contributed by atoms with van der Waals surface area (Å²) in [5, 5.41) is 39.4. The summed E-state index contributed by atoms with van der Waals surface area (Å²) in [5.74, 6) is 0.578. The summed E-state index contributed by atoms with van der Waals surface area (Å²) in [6.45, 7) is 8.71. The minimum atomic E-state index is -0.849. The fourth-order valence-corrected chi connectivity index (χ4v) is 10.5. The number of halogens is 1. The lowest BCUT2D eigenvalue weighted by atomic mass is 9.85. The summed E-state index contributed by atoms with van der Waals surface area (Å²) in [5.41, 5.74) is 8.95. The number of benzene rings is 4. The summed E-state index contributed by atoms with van der Waals surface area (Å²) >= 11 is 7.87. The van der Waals surface area contributed by atoms with Crippen LogP contribution >= 0.6 is 22.9 Å². The van der Waals surface area contributed by atoms with Gasteiger partial charge in [0.2, 0.25) is 23.6 Å². The van der Waals surface area contributed by atoms with Gasteiger partial charge in [0.15, 0.2) is 0 Å². The Morgan fingerprint density at radius 3 is 1.83 bits per heavy atom. The molecule has 13 nitrogen and oxygen atoms in total. The molecule has 0 bridgehead atoms. The third kappa shape index (κ3) is 18.0. The highest BCUT2D eigenvalue weighted by Gasteiger charge is 2.44. The molecule has 1 fully saturated rings.